The minimum absolute atomic E-state index is 0.0823. The van der Waals surface area contributed by atoms with E-state index >= 15 is 0 Å². The fraction of sp³-hybridized carbons (Fsp3) is 1.00. The Bertz CT molecular complexity index is 409. The third-order valence-corrected chi connectivity index (χ3v) is 5.92. The molecule has 2 unspecified atom stereocenters. The van der Waals surface area contributed by atoms with E-state index in [4.69, 9.17) is 9.47 Å². The lowest BCUT2D eigenvalue weighted by molar-refractivity contribution is -0.0376. The Balaban J connectivity index is 1.78. The van der Waals surface area contributed by atoms with Crippen LogP contribution in [0, 0.1) is 5.92 Å². The van der Waals surface area contributed by atoms with E-state index in [1.165, 1.54) is 6.42 Å². The Hall–Kier alpha value is -0.230. The van der Waals surface area contributed by atoms with Gasteiger partial charge in [0, 0.05) is 25.2 Å². The molecule has 2 fully saturated rings. The average molecular weight is 359 g/mol. The van der Waals surface area contributed by atoms with Crippen LogP contribution in [0.25, 0.3) is 0 Å². The van der Waals surface area contributed by atoms with Gasteiger partial charge in [-0.2, -0.15) is 0 Å². The fourth-order valence-electron chi connectivity index (χ4n) is 4.88. The number of hydrogen-bond acceptors (Lipinski definition) is 4. The molecule has 0 N–H and O–H groups in total. The van der Waals surface area contributed by atoms with Gasteiger partial charge in [0.25, 0.3) is 0 Å². The topological polar surface area (TPSA) is 24.9 Å². The van der Waals surface area contributed by atoms with Crippen molar-refractivity contribution in [2.24, 2.45) is 5.92 Å². The third-order valence-electron chi connectivity index (χ3n) is 5.92. The summed E-state index contributed by atoms with van der Waals surface area (Å²) in [6.07, 6.45) is 2.95. The Labute approximate surface area is 154 Å². The molecular formula is C20H39FN2O2. The van der Waals surface area contributed by atoms with Crippen molar-refractivity contribution in [1.82, 2.24) is 9.80 Å². The lowest BCUT2D eigenvalue weighted by atomic mass is 9.97. The first kappa shape index (κ1) is 21.1. The third kappa shape index (κ3) is 5.88. The van der Waals surface area contributed by atoms with Crippen molar-refractivity contribution in [2.75, 3.05) is 27.2 Å². The summed E-state index contributed by atoms with van der Waals surface area (Å²) in [5.74, 6) is 0.644. The Morgan fingerprint density at radius 2 is 1.44 bits per heavy atom. The van der Waals surface area contributed by atoms with Crippen molar-refractivity contribution >= 4 is 0 Å². The largest absolute Gasteiger partial charge is 0.374 e. The van der Waals surface area contributed by atoms with Crippen molar-refractivity contribution in [2.45, 2.75) is 96.6 Å². The SMILES string of the molecule is CC(C)O[C@@H](C)[C@@H]1CC(CC(C)O[C@@H](C)[C@@H]2C[C@@H](F)CN2C)CN1C. The second-order valence-corrected chi connectivity index (χ2v) is 8.73. The zero-order valence-electron chi connectivity index (χ0n) is 17.2. The first-order chi connectivity index (χ1) is 11.7. The predicted molar refractivity (Wildman–Crippen MR) is 101 cm³/mol. The highest BCUT2D eigenvalue weighted by Crippen LogP contribution is 2.30. The molecule has 2 saturated heterocycles. The van der Waals surface area contributed by atoms with E-state index in [9.17, 15) is 4.39 Å². The summed E-state index contributed by atoms with van der Waals surface area (Å²) in [7, 11) is 4.20. The summed E-state index contributed by atoms with van der Waals surface area (Å²) in [5.41, 5.74) is 0. The van der Waals surface area contributed by atoms with Gasteiger partial charge in [0.2, 0.25) is 0 Å². The minimum Gasteiger partial charge on any atom is -0.374 e. The maximum absolute atomic E-state index is 13.6. The van der Waals surface area contributed by atoms with Crippen LogP contribution in [0.2, 0.25) is 0 Å². The first-order valence-corrected chi connectivity index (χ1v) is 10.0. The monoisotopic (exact) mass is 358 g/mol. The van der Waals surface area contributed by atoms with Crippen molar-refractivity contribution < 1.29 is 13.9 Å². The highest BCUT2D eigenvalue weighted by Gasteiger charge is 2.37. The molecule has 2 aliphatic heterocycles. The van der Waals surface area contributed by atoms with Crippen molar-refractivity contribution in [3.05, 3.63) is 0 Å². The second-order valence-electron chi connectivity index (χ2n) is 8.73. The first-order valence-electron chi connectivity index (χ1n) is 10.0. The molecule has 0 radical (unpaired) electrons. The van der Waals surface area contributed by atoms with E-state index in [0.29, 0.717) is 24.9 Å². The van der Waals surface area contributed by atoms with Crippen LogP contribution in [0.5, 0.6) is 0 Å². The molecule has 25 heavy (non-hydrogen) atoms. The number of ether oxygens (including phenoxy) is 2. The Morgan fingerprint density at radius 3 is 2.00 bits per heavy atom. The van der Waals surface area contributed by atoms with Crippen LogP contribution in [0.15, 0.2) is 0 Å². The van der Waals surface area contributed by atoms with Gasteiger partial charge in [0.15, 0.2) is 0 Å². The predicted octanol–water partition coefficient (Wildman–Crippen LogP) is 3.35. The van der Waals surface area contributed by atoms with Gasteiger partial charge >= 0.3 is 0 Å². The smallest absolute Gasteiger partial charge is 0.114 e. The zero-order chi connectivity index (χ0) is 18.7. The number of alkyl halides is 1. The lowest BCUT2D eigenvalue weighted by Gasteiger charge is -2.29. The van der Waals surface area contributed by atoms with Crippen LogP contribution in [-0.4, -0.2) is 79.7 Å². The standard InChI is InChI=1S/C20H39FN2O2/c1-13(2)24-15(4)19-9-17(11-22(19)6)8-14(3)25-16(5)20-10-18(21)12-23(20)7/h13-20H,8-12H2,1-7H3/t14?,15-,16-,17?,18+,19-,20-/m0/s1. The molecule has 2 rings (SSSR count). The van der Waals surface area contributed by atoms with Gasteiger partial charge in [-0.05, 0) is 73.9 Å². The summed E-state index contributed by atoms with van der Waals surface area (Å²) >= 11 is 0. The number of hydrogen-bond donors (Lipinski definition) is 0. The minimum atomic E-state index is -0.706. The molecule has 7 atom stereocenters. The molecular weight excluding hydrogens is 319 g/mol. The van der Waals surface area contributed by atoms with Crippen molar-refractivity contribution in [3.8, 4) is 0 Å². The molecule has 148 valence electrons. The number of halogens is 1. The van der Waals surface area contributed by atoms with Crippen molar-refractivity contribution in [3.63, 3.8) is 0 Å². The Morgan fingerprint density at radius 1 is 0.880 bits per heavy atom. The summed E-state index contributed by atoms with van der Waals surface area (Å²) < 4.78 is 25.8. The van der Waals surface area contributed by atoms with E-state index in [1.807, 2.05) is 7.05 Å². The summed E-state index contributed by atoms with van der Waals surface area (Å²) in [5, 5.41) is 0. The fourth-order valence-corrected chi connectivity index (χ4v) is 4.88. The molecule has 0 spiro atoms. The van der Waals surface area contributed by atoms with Gasteiger partial charge in [0.05, 0.1) is 24.4 Å². The number of likely N-dealkylation sites (tertiary alicyclic amines) is 2. The number of likely N-dealkylation sites (N-methyl/N-ethyl adjacent to an activating group) is 2. The normalized spacial score (nSPS) is 35.4. The van der Waals surface area contributed by atoms with Gasteiger partial charge in [-0.15, -0.1) is 0 Å². The van der Waals surface area contributed by atoms with Gasteiger partial charge in [-0.1, -0.05) is 0 Å². The maximum atomic E-state index is 13.6. The van der Waals surface area contributed by atoms with E-state index in [2.05, 4.69) is 51.5 Å². The molecule has 2 aliphatic rings. The van der Waals surface area contributed by atoms with E-state index in [1.54, 1.807) is 0 Å². The van der Waals surface area contributed by atoms with Crippen LogP contribution in [0.4, 0.5) is 4.39 Å². The number of nitrogens with zero attached hydrogens (tertiary/aromatic N) is 2. The molecule has 2 heterocycles. The molecule has 0 bridgehead atoms. The molecule has 0 aromatic rings. The van der Waals surface area contributed by atoms with Gasteiger partial charge in [-0.3, -0.25) is 4.90 Å². The van der Waals surface area contributed by atoms with Crippen LogP contribution in [0.1, 0.15) is 53.9 Å². The molecule has 0 saturated carbocycles. The summed E-state index contributed by atoms with van der Waals surface area (Å²) in [6.45, 7) is 12.3. The summed E-state index contributed by atoms with van der Waals surface area (Å²) in [4.78, 5) is 4.54. The summed E-state index contributed by atoms with van der Waals surface area (Å²) in [6, 6.07) is 0.696. The van der Waals surface area contributed by atoms with E-state index in [-0.39, 0.29) is 30.5 Å². The average Bonchev–Trinajstić information content (AvgIpc) is 3.00. The van der Waals surface area contributed by atoms with Gasteiger partial charge in [-0.25, -0.2) is 4.39 Å². The lowest BCUT2D eigenvalue weighted by Crippen LogP contribution is -2.38. The molecule has 0 amide bonds. The highest BCUT2D eigenvalue weighted by atomic mass is 19.1. The molecule has 0 aromatic carbocycles. The van der Waals surface area contributed by atoms with Crippen LogP contribution < -0.4 is 0 Å². The van der Waals surface area contributed by atoms with Gasteiger partial charge in [0.1, 0.15) is 6.17 Å². The quantitative estimate of drug-likeness (QED) is 0.664. The Kier molecular flexibility index (Phi) is 7.68. The van der Waals surface area contributed by atoms with Crippen LogP contribution in [-0.2, 0) is 9.47 Å². The molecule has 0 aromatic heterocycles. The van der Waals surface area contributed by atoms with Crippen LogP contribution in [0.3, 0.4) is 0 Å². The zero-order valence-corrected chi connectivity index (χ0v) is 17.2. The van der Waals surface area contributed by atoms with Crippen molar-refractivity contribution in [1.29, 1.82) is 0 Å². The molecule has 0 aliphatic carbocycles. The van der Waals surface area contributed by atoms with E-state index in [0.717, 1.165) is 13.0 Å². The highest BCUT2D eigenvalue weighted by molar-refractivity contribution is 4.90. The maximum Gasteiger partial charge on any atom is 0.114 e. The van der Waals surface area contributed by atoms with Crippen LogP contribution >= 0.6 is 0 Å². The molecule has 4 nitrogen and oxygen atoms in total. The second kappa shape index (κ2) is 9.12. The molecule has 5 heteroatoms. The number of rotatable bonds is 8. The van der Waals surface area contributed by atoms with Gasteiger partial charge < -0.3 is 14.4 Å². The van der Waals surface area contributed by atoms with E-state index < -0.39 is 6.17 Å².